The fourth-order valence-corrected chi connectivity index (χ4v) is 3.62. The first kappa shape index (κ1) is 16.3. The van der Waals surface area contributed by atoms with E-state index in [1.807, 2.05) is 19.1 Å². The molecule has 6 heteroatoms. The van der Waals surface area contributed by atoms with Gasteiger partial charge in [0.2, 0.25) is 17.6 Å². The van der Waals surface area contributed by atoms with Crippen molar-refractivity contribution in [2.24, 2.45) is 17.8 Å². The summed E-state index contributed by atoms with van der Waals surface area (Å²) in [5.74, 6) is -1.09. The summed E-state index contributed by atoms with van der Waals surface area (Å²) in [7, 11) is 0. The first-order chi connectivity index (χ1) is 12.6. The van der Waals surface area contributed by atoms with Gasteiger partial charge in [0.05, 0.1) is 23.8 Å². The molecule has 6 nitrogen and oxygen atoms in total. The third-order valence-corrected chi connectivity index (χ3v) is 4.90. The zero-order chi connectivity index (χ0) is 18.3. The van der Waals surface area contributed by atoms with Gasteiger partial charge < -0.3 is 9.15 Å². The van der Waals surface area contributed by atoms with E-state index in [-0.39, 0.29) is 35.3 Å². The van der Waals surface area contributed by atoms with Crippen molar-refractivity contribution < 1.29 is 23.5 Å². The second kappa shape index (κ2) is 6.29. The highest BCUT2D eigenvalue weighted by atomic mass is 16.5. The van der Waals surface area contributed by atoms with Crippen molar-refractivity contribution in [3.8, 4) is 5.75 Å². The second-order valence-electron chi connectivity index (χ2n) is 6.53. The van der Waals surface area contributed by atoms with E-state index in [2.05, 4.69) is 0 Å². The number of benzene rings is 1. The van der Waals surface area contributed by atoms with E-state index >= 15 is 0 Å². The molecule has 1 aliphatic carbocycles. The van der Waals surface area contributed by atoms with Crippen LogP contribution < -0.4 is 9.64 Å². The Bertz CT molecular complexity index is 881. The molecule has 2 aromatic rings. The maximum Gasteiger partial charge on any atom is 0.379 e. The van der Waals surface area contributed by atoms with E-state index in [0.29, 0.717) is 17.9 Å². The molecule has 2 amide bonds. The van der Waals surface area contributed by atoms with Crippen molar-refractivity contribution in [2.75, 3.05) is 4.90 Å². The third-order valence-electron chi connectivity index (χ3n) is 4.90. The quantitative estimate of drug-likeness (QED) is 0.367. The highest BCUT2D eigenvalue weighted by Gasteiger charge is 2.50. The number of amides is 2. The fraction of sp³-hybridized carbons (Fsp3) is 0.250. The molecule has 4 rings (SSSR count). The molecule has 1 saturated heterocycles. The van der Waals surface area contributed by atoms with Crippen molar-refractivity contribution >= 4 is 23.5 Å². The Labute approximate surface area is 150 Å². The molecular weight excluding hydrogens is 334 g/mol. The van der Waals surface area contributed by atoms with Gasteiger partial charge in [0.15, 0.2) is 0 Å². The van der Waals surface area contributed by atoms with Crippen LogP contribution in [0.3, 0.4) is 0 Å². The van der Waals surface area contributed by atoms with Crippen LogP contribution in [0.5, 0.6) is 5.75 Å². The Kier molecular flexibility index (Phi) is 3.95. The Morgan fingerprint density at radius 3 is 2.58 bits per heavy atom. The Hall–Kier alpha value is -3.15. The topological polar surface area (TPSA) is 76.8 Å². The molecule has 2 heterocycles. The molecule has 132 valence electrons. The largest absolute Gasteiger partial charge is 0.457 e. The zero-order valence-electron chi connectivity index (χ0n) is 14.1. The van der Waals surface area contributed by atoms with Gasteiger partial charge in [-0.15, -0.1) is 0 Å². The van der Waals surface area contributed by atoms with E-state index in [0.717, 1.165) is 0 Å². The lowest BCUT2D eigenvalue weighted by atomic mass is 9.78. The molecule has 0 unspecified atom stereocenters. The minimum absolute atomic E-state index is 0.0451. The summed E-state index contributed by atoms with van der Waals surface area (Å²) in [5, 5.41) is 0. The Balaban J connectivity index is 1.53. The lowest BCUT2D eigenvalue weighted by molar-refractivity contribution is -0.122. The van der Waals surface area contributed by atoms with Crippen LogP contribution in [0.2, 0.25) is 0 Å². The molecule has 0 saturated carbocycles. The second-order valence-corrected chi connectivity index (χ2v) is 6.53. The SMILES string of the molecule is C[C@@H]1C=CC[C@@H]2C(=O)N(c3ccc(OC(=O)c4ccco4)cc3)C(=O)[C@@H]12. The van der Waals surface area contributed by atoms with Crippen molar-refractivity contribution in [3.63, 3.8) is 0 Å². The molecule has 1 aromatic carbocycles. The summed E-state index contributed by atoms with van der Waals surface area (Å²) < 4.78 is 10.2. The van der Waals surface area contributed by atoms with Crippen molar-refractivity contribution in [3.05, 3.63) is 60.6 Å². The molecule has 1 aliphatic heterocycles. The molecule has 0 radical (unpaired) electrons. The van der Waals surface area contributed by atoms with Crippen molar-refractivity contribution in [2.45, 2.75) is 13.3 Å². The lowest BCUT2D eigenvalue weighted by Gasteiger charge is -2.22. The predicted octanol–water partition coefficient (Wildman–Crippen LogP) is 3.20. The normalized spacial score (nSPS) is 24.7. The van der Waals surface area contributed by atoms with Gasteiger partial charge in [-0.3, -0.25) is 14.5 Å². The van der Waals surface area contributed by atoms with Gasteiger partial charge in [0.1, 0.15) is 5.75 Å². The average Bonchev–Trinajstić information content (AvgIpc) is 3.25. The number of ether oxygens (including phenoxy) is 1. The molecule has 1 aromatic heterocycles. The summed E-state index contributed by atoms with van der Waals surface area (Å²) in [6.45, 7) is 1.96. The number of rotatable bonds is 3. The van der Waals surface area contributed by atoms with E-state index < -0.39 is 5.97 Å². The number of fused-ring (bicyclic) bond motifs is 1. The minimum atomic E-state index is -0.609. The van der Waals surface area contributed by atoms with E-state index in [4.69, 9.17) is 9.15 Å². The predicted molar refractivity (Wildman–Crippen MR) is 92.5 cm³/mol. The van der Waals surface area contributed by atoms with Gasteiger partial charge in [0.25, 0.3) is 0 Å². The van der Waals surface area contributed by atoms with Gasteiger partial charge in [-0.25, -0.2) is 4.79 Å². The number of carbonyl (C=O) groups excluding carboxylic acids is 3. The van der Waals surface area contributed by atoms with Crippen LogP contribution in [0.15, 0.2) is 59.2 Å². The molecular formula is C20H17NO5. The first-order valence-electron chi connectivity index (χ1n) is 8.46. The summed E-state index contributed by atoms with van der Waals surface area (Å²) >= 11 is 0. The lowest BCUT2D eigenvalue weighted by Crippen LogP contribution is -2.31. The average molecular weight is 351 g/mol. The van der Waals surface area contributed by atoms with Gasteiger partial charge in [-0.2, -0.15) is 0 Å². The maximum absolute atomic E-state index is 12.8. The highest BCUT2D eigenvalue weighted by molar-refractivity contribution is 6.22. The van der Waals surface area contributed by atoms with Crippen LogP contribution in [0.1, 0.15) is 23.9 Å². The number of furan rings is 1. The van der Waals surface area contributed by atoms with Gasteiger partial charge in [-0.05, 0) is 48.7 Å². The fourth-order valence-electron chi connectivity index (χ4n) is 3.62. The smallest absolute Gasteiger partial charge is 0.379 e. The number of hydrogen-bond acceptors (Lipinski definition) is 5. The van der Waals surface area contributed by atoms with Gasteiger partial charge in [0, 0.05) is 0 Å². The van der Waals surface area contributed by atoms with Crippen LogP contribution in [0.25, 0.3) is 0 Å². The standard InChI is InChI=1S/C20H17NO5/c1-12-4-2-5-15-17(12)19(23)21(18(15)22)13-7-9-14(10-8-13)26-20(24)16-6-3-11-25-16/h2-4,6-12,15,17H,5H2,1H3/t12-,15+,17+/m1/s1. The zero-order valence-corrected chi connectivity index (χ0v) is 14.1. The van der Waals surface area contributed by atoms with Crippen LogP contribution in [0.4, 0.5) is 5.69 Å². The molecule has 0 bridgehead atoms. The number of imide groups is 1. The van der Waals surface area contributed by atoms with Gasteiger partial charge >= 0.3 is 5.97 Å². The molecule has 3 atom stereocenters. The summed E-state index contributed by atoms with van der Waals surface area (Å²) in [4.78, 5) is 38.6. The Morgan fingerprint density at radius 2 is 1.92 bits per heavy atom. The third kappa shape index (κ3) is 2.63. The number of allylic oxidation sites excluding steroid dienone is 2. The molecule has 0 spiro atoms. The maximum atomic E-state index is 12.8. The Morgan fingerprint density at radius 1 is 1.15 bits per heavy atom. The monoisotopic (exact) mass is 351 g/mol. The number of carbonyl (C=O) groups is 3. The minimum Gasteiger partial charge on any atom is -0.457 e. The van der Waals surface area contributed by atoms with E-state index in [1.165, 1.54) is 17.2 Å². The number of hydrogen-bond donors (Lipinski definition) is 0. The molecule has 0 N–H and O–H groups in total. The first-order valence-corrected chi connectivity index (χ1v) is 8.46. The van der Waals surface area contributed by atoms with Crippen molar-refractivity contribution in [1.29, 1.82) is 0 Å². The van der Waals surface area contributed by atoms with E-state index in [1.54, 1.807) is 30.3 Å². The summed E-state index contributed by atoms with van der Waals surface area (Å²) in [6, 6.07) is 9.43. The van der Waals surface area contributed by atoms with Crippen LogP contribution in [-0.4, -0.2) is 17.8 Å². The summed E-state index contributed by atoms with van der Waals surface area (Å²) in [6.07, 6.45) is 5.94. The van der Waals surface area contributed by atoms with Crippen LogP contribution in [0, 0.1) is 17.8 Å². The molecule has 2 aliphatic rings. The van der Waals surface area contributed by atoms with Gasteiger partial charge in [-0.1, -0.05) is 19.1 Å². The van der Waals surface area contributed by atoms with E-state index in [9.17, 15) is 14.4 Å². The van der Waals surface area contributed by atoms with Crippen molar-refractivity contribution in [1.82, 2.24) is 0 Å². The number of anilines is 1. The van der Waals surface area contributed by atoms with Crippen LogP contribution >= 0.6 is 0 Å². The van der Waals surface area contributed by atoms with Crippen LogP contribution in [-0.2, 0) is 9.59 Å². The number of esters is 1. The number of nitrogens with zero attached hydrogens (tertiary/aromatic N) is 1. The molecule has 1 fully saturated rings. The highest BCUT2D eigenvalue weighted by Crippen LogP contribution is 2.40. The molecule has 26 heavy (non-hydrogen) atoms. The summed E-state index contributed by atoms with van der Waals surface area (Å²) in [5.41, 5.74) is 0.486.